The van der Waals surface area contributed by atoms with Crippen molar-refractivity contribution in [3.05, 3.63) is 82.3 Å². The second kappa shape index (κ2) is 13.4. The molecule has 3 aromatic carbocycles. The molecular weight excluding hydrogens is 608 g/mol. The zero-order valence-corrected chi connectivity index (χ0v) is 23.8. The van der Waals surface area contributed by atoms with Crippen molar-refractivity contribution in [1.29, 1.82) is 0 Å². The third-order valence-electron chi connectivity index (χ3n) is 5.97. The second-order valence-electron chi connectivity index (χ2n) is 8.79. The molecule has 0 spiro atoms. The number of carboxylic acid groups (broad SMARTS) is 1. The maximum Gasteiger partial charge on any atom is 0.343 e. The zero-order chi connectivity index (χ0) is 31.3. The third kappa shape index (κ3) is 7.53. The minimum absolute atomic E-state index is 0.0850. The number of amides is 1. The Balaban J connectivity index is 1.52. The van der Waals surface area contributed by atoms with Gasteiger partial charge < -0.3 is 24.4 Å². The molecule has 1 aliphatic heterocycles. The van der Waals surface area contributed by atoms with Gasteiger partial charge >= 0.3 is 17.9 Å². The van der Waals surface area contributed by atoms with Gasteiger partial charge in [0, 0.05) is 18.2 Å². The number of thioether (sulfide) groups is 1. The molecule has 10 nitrogen and oxygen atoms in total. The van der Waals surface area contributed by atoms with Crippen LogP contribution >= 0.6 is 24.0 Å². The van der Waals surface area contributed by atoms with Crippen molar-refractivity contribution in [2.24, 2.45) is 0 Å². The van der Waals surface area contributed by atoms with Crippen LogP contribution in [0.25, 0.3) is 17.2 Å². The largest absolute Gasteiger partial charge is 0.507 e. The van der Waals surface area contributed by atoms with Crippen molar-refractivity contribution in [1.82, 2.24) is 4.90 Å². The fourth-order valence-electron chi connectivity index (χ4n) is 3.82. The van der Waals surface area contributed by atoms with Crippen LogP contribution < -0.4 is 9.47 Å². The summed E-state index contributed by atoms with van der Waals surface area (Å²) in [7, 11) is 1.19. The van der Waals surface area contributed by atoms with E-state index in [4.69, 9.17) is 26.8 Å². The van der Waals surface area contributed by atoms with Crippen molar-refractivity contribution in [3.63, 3.8) is 0 Å². The molecule has 1 aliphatic rings. The van der Waals surface area contributed by atoms with Crippen LogP contribution in [0.2, 0.25) is 0 Å². The number of aromatic carboxylic acids is 1. The van der Waals surface area contributed by atoms with Crippen molar-refractivity contribution in [2.75, 3.05) is 20.3 Å². The molecule has 1 saturated heterocycles. The molecule has 0 bridgehead atoms. The van der Waals surface area contributed by atoms with Crippen LogP contribution in [-0.4, -0.2) is 63.5 Å². The summed E-state index contributed by atoms with van der Waals surface area (Å²) in [5.74, 6) is -5.81. The molecule has 2 N–H and O–H groups in total. The molecular formula is C29H21F2NO9S2. The first-order valence-corrected chi connectivity index (χ1v) is 13.5. The van der Waals surface area contributed by atoms with Gasteiger partial charge in [0.05, 0.1) is 18.4 Å². The van der Waals surface area contributed by atoms with Crippen molar-refractivity contribution in [3.8, 4) is 28.4 Å². The highest BCUT2D eigenvalue weighted by molar-refractivity contribution is 8.26. The third-order valence-corrected chi connectivity index (χ3v) is 7.34. The fraction of sp³-hybridized carbons (Fsp3) is 0.138. The smallest absolute Gasteiger partial charge is 0.343 e. The van der Waals surface area contributed by atoms with E-state index >= 15 is 0 Å². The molecule has 0 atom stereocenters. The lowest BCUT2D eigenvalue weighted by atomic mass is 10.0. The molecule has 3 aromatic rings. The van der Waals surface area contributed by atoms with Gasteiger partial charge in [-0.2, -0.15) is 0 Å². The molecule has 4 rings (SSSR count). The summed E-state index contributed by atoms with van der Waals surface area (Å²) < 4.78 is 42.8. The number of methoxy groups -OCH3 is 1. The molecule has 0 aromatic heterocycles. The van der Waals surface area contributed by atoms with Crippen LogP contribution in [0.15, 0.2) is 59.5 Å². The number of carbonyl (C=O) groups is 4. The van der Waals surface area contributed by atoms with Gasteiger partial charge in [-0.25, -0.2) is 18.4 Å². The second-order valence-corrected chi connectivity index (χ2v) is 10.5. The van der Waals surface area contributed by atoms with E-state index in [0.717, 1.165) is 36.0 Å². The predicted octanol–water partition coefficient (Wildman–Crippen LogP) is 4.78. The number of halogens is 2. The molecule has 0 saturated carbocycles. The van der Waals surface area contributed by atoms with E-state index in [-0.39, 0.29) is 39.3 Å². The number of hydrogen-bond acceptors (Lipinski definition) is 10. The Morgan fingerprint density at radius 1 is 1.00 bits per heavy atom. The zero-order valence-electron chi connectivity index (χ0n) is 22.2. The summed E-state index contributed by atoms with van der Waals surface area (Å²) in [4.78, 5) is 49.6. The molecule has 222 valence electrons. The highest BCUT2D eigenvalue weighted by Crippen LogP contribution is 2.36. The van der Waals surface area contributed by atoms with Crippen LogP contribution in [0, 0.1) is 11.6 Å². The maximum atomic E-state index is 13.9. The van der Waals surface area contributed by atoms with E-state index in [9.17, 15) is 33.1 Å². The fourth-order valence-corrected chi connectivity index (χ4v) is 5.12. The summed E-state index contributed by atoms with van der Waals surface area (Å²) in [6.07, 6.45) is 1.18. The van der Waals surface area contributed by atoms with Crippen molar-refractivity contribution in [2.45, 2.75) is 6.42 Å². The first kappa shape index (κ1) is 31.1. The van der Waals surface area contributed by atoms with Gasteiger partial charge in [-0.05, 0) is 53.6 Å². The van der Waals surface area contributed by atoms with E-state index in [1.54, 1.807) is 12.1 Å². The van der Waals surface area contributed by atoms with E-state index in [2.05, 4.69) is 4.74 Å². The number of benzene rings is 3. The van der Waals surface area contributed by atoms with Crippen LogP contribution in [0.3, 0.4) is 0 Å². The number of ether oxygens (including phenoxy) is 3. The lowest BCUT2D eigenvalue weighted by Gasteiger charge is -2.14. The Bertz CT molecular complexity index is 1680. The molecule has 43 heavy (non-hydrogen) atoms. The number of carbonyl (C=O) groups excluding carboxylic acids is 3. The van der Waals surface area contributed by atoms with Crippen LogP contribution in [0.4, 0.5) is 8.78 Å². The van der Waals surface area contributed by atoms with Crippen LogP contribution in [0.5, 0.6) is 17.2 Å². The van der Waals surface area contributed by atoms with Gasteiger partial charge in [0.15, 0.2) is 18.2 Å². The first-order chi connectivity index (χ1) is 20.5. The van der Waals surface area contributed by atoms with Gasteiger partial charge in [0.2, 0.25) is 0 Å². The SMILES string of the molecule is COC(=O)COc1ccc(-c2ccc(F)c(F)c2)cc1/C=C1\SC(=S)N(CCC(=O)Oc2ccc(C(=O)O)c(O)c2)C1=O. The molecule has 0 radical (unpaired) electrons. The number of hydrogen-bond donors (Lipinski definition) is 2. The summed E-state index contributed by atoms with van der Waals surface area (Å²) in [6, 6.07) is 11.3. The Morgan fingerprint density at radius 2 is 1.72 bits per heavy atom. The number of esters is 2. The van der Waals surface area contributed by atoms with Crippen molar-refractivity contribution >= 4 is 58.2 Å². The number of thiocarbonyl (C=S) groups is 1. The highest BCUT2D eigenvalue weighted by Gasteiger charge is 2.32. The number of rotatable bonds is 10. The highest BCUT2D eigenvalue weighted by atomic mass is 32.2. The number of aromatic hydroxyl groups is 1. The first-order valence-electron chi connectivity index (χ1n) is 12.3. The average Bonchev–Trinajstić information content (AvgIpc) is 3.23. The lowest BCUT2D eigenvalue weighted by Crippen LogP contribution is -2.31. The standard InChI is InChI=1S/C29H21F2NO9S2/c1-39-26(35)14-40-23-7-3-15(16-2-6-20(30)21(31)11-16)10-17(23)12-24-27(36)32(29(42)43-24)9-8-25(34)41-18-4-5-19(28(37)38)22(33)13-18/h2-7,10-13,33H,8-9,14H2,1H3,(H,37,38)/b24-12-. The summed E-state index contributed by atoms with van der Waals surface area (Å²) in [6.45, 7) is -0.567. The molecule has 0 unspecified atom stereocenters. The number of nitrogens with zero attached hydrogens (tertiary/aromatic N) is 1. The Kier molecular flexibility index (Phi) is 9.73. The van der Waals surface area contributed by atoms with E-state index in [0.29, 0.717) is 16.7 Å². The topological polar surface area (TPSA) is 140 Å². The van der Waals surface area contributed by atoms with E-state index < -0.39 is 47.8 Å². The lowest BCUT2D eigenvalue weighted by molar-refractivity contribution is -0.143. The van der Waals surface area contributed by atoms with Crippen LogP contribution in [-0.2, 0) is 19.1 Å². The maximum absolute atomic E-state index is 13.9. The van der Waals surface area contributed by atoms with Gasteiger partial charge in [-0.15, -0.1) is 0 Å². The molecule has 1 amide bonds. The minimum Gasteiger partial charge on any atom is -0.507 e. The Hall–Kier alpha value is -4.82. The summed E-state index contributed by atoms with van der Waals surface area (Å²) >= 11 is 6.28. The van der Waals surface area contributed by atoms with Gasteiger partial charge in [0.1, 0.15) is 27.1 Å². The molecule has 0 aliphatic carbocycles. The monoisotopic (exact) mass is 629 g/mol. The Morgan fingerprint density at radius 3 is 2.40 bits per heavy atom. The van der Waals surface area contributed by atoms with E-state index in [1.807, 2.05) is 0 Å². The Labute approximate surface area is 252 Å². The van der Waals surface area contributed by atoms with Gasteiger partial charge in [0.25, 0.3) is 5.91 Å². The number of phenols is 1. The molecule has 14 heteroatoms. The quantitative estimate of drug-likeness (QED) is 0.139. The molecule has 1 heterocycles. The predicted molar refractivity (Wildman–Crippen MR) is 155 cm³/mol. The van der Waals surface area contributed by atoms with E-state index in [1.165, 1.54) is 36.3 Å². The summed E-state index contributed by atoms with van der Waals surface area (Å²) in [5, 5.41) is 18.8. The van der Waals surface area contributed by atoms with Gasteiger partial charge in [-0.3, -0.25) is 14.5 Å². The average molecular weight is 630 g/mol. The normalized spacial score (nSPS) is 13.7. The molecule has 1 fully saturated rings. The summed E-state index contributed by atoms with van der Waals surface area (Å²) in [5.41, 5.74) is 0.787. The van der Waals surface area contributed by atoms with Gasteiger partial charge in [-0.1, -0.05) is 36.1 Å². The minimum atomic E-state index is -1.35. The number of carboxylic acids is 1. The van der Waals surface area contributed by atoms with Crippen molar-refractivity contribution < 1.29 is 52.4 Å². The van der Waals surface area contributed by atoms with Crippen LogP contribution in [0.1, 0.15) is 22.3 Å².